The minimum Gasteiger partial charge on any atom is -0.691 e. The SMILES string of the molecule is CNC(=O)C1CCC(CN2C(=O)C=CC2=O)CC1.O=C(ON1C(=O)CC(SOO[O-])C1=O)C1CCC(CN2C(=O)C=CC2=O)CC1.[Na+]. The van der Waals surface area contributed by atoms with Gasteiger partial charge in [0.15, 0.2) is 0 Å². The Kier molecular flexibility index (Phi) is 14.8. The number of hydroxylamine groups is 2. The molecule has 0 aromatic rings. The van der Waals surface area contributed by atoms with Gasteiger partial charge in [-0.05, 0) is 63.2 Å². The summed E-state index contributed by atoms with van der Waals surface area (Å²) < 4.78 is 4.05. The third kappa shape index (κ3) is 10.0. The van der Waals surface area contributed by atoms with Crippen LogP contribution in [0.2, 0.25) is 0 Å². The average Bonchev–Trinajstić information content (AvgIpc) is 3.65. The van der Waals surface area contributed by atoms with Gasteiger partial charge in [0, 0.05) is 62.4 Å². The predicted molar refractivity (Wildman–Crippen MR) is 153 cm³/mol. The summed E-state index contributed by atoms with van der Waals surface area (Å²) in [6.45, 7) is 0.793. The Labute approximate surface area is 296 Å². The molecule has 16 nitrogen and oxygen atoms in total. The van der Waals surface area contributed by atoms with Crippen molar-refractivity contribution in [3.8, 4) is 0 Å². The first-order valence-corrected chi connectivity index (χ1v) is 15.8. The van der Waals surface area contributed by atoms with Gasteiger partial charge in [-0.2, -0.15) is 4.33 Å². The van der Waals surface area contributed by atoms with Crippen molar-refractivity contribution in [3.05, 3.63) is 24.3 Å². The summed E-state index contributed by atoms with van der Waals surface area (Å²) in [5.41, 5.74) is 0. The van der Waals surface area contributed by atoms with Crippen LogP contribution < -0.4 is 40.1 Å². The minimum absolute atomic E-state index is 0. The van der Waals surface area contributed by atoms with E-state index in [1.54, 1.807) is 7.05 Å². The van der Waals surface area contributed by atoms with Gasteiger partial charge in [-0.25, -0.2) is 4.79 Å². The zero-order chi connectivity index (χ0) is 33.4. The van der Waals surface area contributed by atoms with Crippen LogP contribution in [0, 0.1) is 23.7 Å². The van der Waals surface area contributed by atoms with Crippen LogP contribution in [-0.2, 0) is 52.6 Å². The molecule has 18 heteroatoms. The number of carbonyl (C=O) groups excluding carboxylic acids is 8. The maximum atomic E-state index is 12.3. The minimum atomic E-state index is -1.02. The molecule has 7 amide bonds. The molecule has 47 heavy (non-hydrogen) atoms. The van der Waals surface area contributed by atoms with Crippen LogP contribution in [0.5, 0.6) is 0 Å². The largest absolute Gasteiger partial charge is 1.00 e. The summed E-state index contributed by atoms with van der Waals surface area (Å²) in [6.07, 6.45) is 10.4. The molecule has 1 saturated heterocycles. The molecule has 250 valence electrons. The molecule has 5 rings (SSSR count). The summed E-state index contributed by atoms with van der Waals surface area (Å²) in [4.78, 5) is 101. The van der Waals surface area contributed by atoms with Crippen molar-refractivity contribution in [2.45, 2.75) is 63.0 Å². The maximum absolute atomic E-state index is 12.3. The average molecular weight is 687 g/mol. The Hall–Kier alpha value is -2.93. The molecule has 0 bridgehead atoms. The molecule has 1 unspecified atom stereocenters. The molecular weight excluding hydrogens is 651 g/mol. The van der Waals surface area contributed by atoms with Gasteiger partial charge in [-0.15, -0.1) is 5.06 Å². The van der Waals surface area contributed by atoms with Crippen molar-refractivity contribution >= 4 is 59.4 Å². The second-order valence-corrected chi connectivity index (χ2v) is 12.5. The molecule has 0 aromatic carbocycles. The van der Waals surface area contributed by atoms with Crippen molar-refractivity contribution in [2.24, 2.45) is 23.7 Å². The van der Waals surface area contributed by atoms with Crippen molar-refractivity contribution in [1.29, 1.82) is 0 Å². The number of hydrogen-bond donors (Lipinski definition) is 1. The fraction of sp³-hybridized carbons (Fsp3) is 0.586. The quantitative estimate of drug-likeness (QED) is 0.0784. The molecule has 0 spiro atoms. The number of rotatable bonds is 10. The van der Waals surface area contributed by atoms with E-state index in [1.807, 2.05) is 0 Å². The van der Waals surface area contributed by atoms with E-state index in [9.17, 15) is 43.6 Å². The summed E-state index contributed by atoms with van der Waals surface area (Å²) in [5.74, 6) is -3.19. The van der Waals surface area contributed by atoms with E-state index in [0.29, 0.717) is 61.8 Å². The van der Waals surface area contributed by atoms with Crippen LogP contribution >= 0.6 is 12.0 Å². The number of nitrogens with zero attached hydrogens (tertiary/aromatic N) is 3. The van der Waals surface area contributed by atoms with Gasteiger partial charge >= 0.3 is 35.5 Å². The smallest absolute Gasteiger partial charge is 0.691 e. The van der Waals surface area contributed by atoms with Crippen LogP contribution in [0.4, 0.5) is 0 Å². The molecule has 2 aliphatic carbocycles. The van der Waals surface area contributed by atoms with Gasteiger partial charge in [0.2, 0.25) is 5.91 Å². The molecule has 5 aliphatic rings. The van der Waals surface area contributed by atoms with Gasteiger partial charge in [-0.1, -0.05) is 0 Å². The van der Waals surface area contributed by atoms with Crippen LogP contribution in [0.1, 0.15) is 57.8 Å². The number of amides is 7. The zero-order valence-electron chi connectivity index (χ0n) is 26.1. The predicted octanol–water partition coefficient (Wildman–Crippen LogP) is -3.36. The number of hydrogen-bond acceptors (Lipinski definition) is 13. The fourth-order valence-corrected chi connectivity index (χ4v) is 6.63. The Morgan fingerprint density at radius 2 is 1.23 bits per heavy atom. The maximum Gasteiger partial charge on any atom is 1.00 e. The van der Waals surface area contributed by atoms with Gasteiger partial charge in [-0.3, -0.25) is 48.4 Å². The van der Waals surface area contributed by atoms with Crippen molar-refractivity contribution in [3.63, 3.8) is 0 Å². The molecule has 1 N–H and O–H groups in total. The second-order valence-electron chi connectivity index (χ2n) is 11.7. The van der Waals surface area contributed by atoms with Crippen LogP contribution in [-0.4, -0.2) is 87.6 Å². The summed E-state index contributed by atoms with van der Waals surface area (Å²) in [7, 11) is 1.65. The normalized spacial score (nSPS) is 27.2. The zero-order valence-corrected chi connectivity index (χ0v) is 28.9. The number of imide groups is 3. The third-order valence-electron chi connectivity index (χ3n) is 8.75. The molecule has 3 fully saturated rings. The number of nitrogens with one attached hydrogen (secondary N) is 1. The van der Waals surface area contributed by atoms with E-state index < -0.39 is 29.0 Å². The van der Waals surface area contributed by atoms with Crippen molar-refractivity contribution < 1.29 is 87.4 Å². The Morgan fingerprint density at radius 3 is 1.66 bits per heavy atom. The third-order valence-corrected chi connectivity index (χ3v) is 9.49. The first-order valence-electron chi connectivity index (χ1n) is 15.0. The van der Waals surface area contributed by atoms with Gasteiger partial charge in [0.05, 0.1) is 12.3 Å². The molecule has 0 aromatic heterocycles. The number of carbonyl (C=O) groups is 8. The molecule has 2 saturated carbocycles. The first kappa shape index (κ1) is 38.5. The summed E-state index contributed by atoms with van der Waals surface area (Å²) >= 11 is 0.375. The molecule has 0 radical (unpaired) electrons. The van der Waals surface area contributed by atoms with E-state index in [-0.39, 0.29) is 77.3 Å². The Bertz CT molecular complexity index is 1270. The van der Waals surface area contributed by atoms with Crippen molar-refractivity contribution in [2.75, 3.05) is 20.1 Å². The van der Waals surface area contributed by atoms with Crippen LogP contribution in [0.3, 0.4) is 0 Å². The van der Waals surface area contributed by atoms with E-state index in [0.717, 1.165) is 25.7 Å². The van der Waals surface area contributed by atoms with Crippen LogP contribution in [0.25, 0.3) is 0 Å². The second kappa shape index (κ2) is 18.0. The topological polar surface area (TPSA) is 209 Å². The summed E-state index contributed by atoms with van der Waals surface area (Å²) in [5, 5.41) is 15.0. The van der Waals surface area contributed by atoms with Gasteiger partial charge in [0.1, 0.15) is 5.25 Å². The first-order chi connectivity index (χ1) is 22.0. The monoisotopic (exact) mass is 686 g/mol. The van der Waals surface area contributed by atoms with E-state index in [2.05, 4.69) is 14.7 Å². The fourth-order valence-electron chi connectivity index (χ4n) is 6.11. The van der Waals surface area contributed by atoms with Crippen molar-refractivity contribution in [1.82, 2.24) is 20.2 Å². The van der Waals surface area contributed by atoms with E-state index in [1.165, 1.54) is 34.1 Å². The molecule has 1 atom stereocenters. The van der Waals surface area contributed by atoms with Gasteiger partial charge < -0.3 is 15.4 Å². The summed E-state index contributed by atoms with van der Waals surface area (Å²) in [6, 6.07) is 0. The van der Waals surface area contributed by atoms with E-state index >= 15 is 0 Å². The van der Waals surface area contributed by atoms with Crippen LogP contribution in [0.15, 0.2) is 24.3 Å². The van der Waals surface area contributed by atoms with E-state index in [4.69, 9.17) is 4.84 Å². The molecular formula is C29H35N4NaO12S. The molecule has 3 heterocycles. The Balaban J connectivity index is 0.000000274. The molecule has 3 aliphatic heterocycles. The Morgan fingerprint density at radius 1 is 0.787 bits per heavy atom. The van der Waals surface area contributed by atoms with Gasteiger partial charge in [0.25, 0.3) is 35.4 Å². The standard InChI is InChI=1S/C16H18N2O9S.C13H18N2O3.Na/c19-12-5-6-13(20)17(12)8-9-1-3-10(4-2-9)16(23)25-18-14(21)7-11(15(18)22)28-27-26-24;1-14-13(18)10-4-2-9(3-5-10)8-15-11(16)6-7-12(15)17;/h5-6,9-11,24H,1-4,7-8H2;6-7,9-10H,2-5,8H2,1H3,(H,14,18);/q;;+1/p-1.